The van der Waals surface area contributed by atoms with Gasteiger partial charge in [-0.25, -0.2) is 4.79 Å². The van der Waals surface area contributed by atoms with Crippen LogP contribution in [0.25, 0.3) is 11.2 Å². The number of aromatic nitrogens is 2. The van der Waals surface area contributed by atoms with Crippen molar-refractivity contribution >= 4 is 11.2 Å². The van der Waals surface area contributed by atoms with Crippen LogP contribution in [0.1, 0.15) is 81.9 Å². The number of fused-ring (bicyclic) bond motifs is 1. The fourth-order valence-electron chi connectivity index (χ4n) is 6.82. The van der Waals surface area contributed by atoms with Gasteiger partial charge >= 0.3 is 11.9 Å². The molecule has 3 aromatic rings. The first-order valence-corrected chi connectivity index (χ1v) is 14.9. The van der Waals surface area contributed by atoms with E-state index in [2.05, 4.69) is 37.8 Å². The van der Waals surface area contributed by atoms with Crippen LogP contribution in [0.5, 0.6) is 0 Å². The number of imidazole rings is 1. The molecule has 0 unspecified atom stereocenters. The van der Waals surface area contributed by atoms with Crippen molar-refractivity contribution in [1.29, 1.82) is 0 Å². The summed E-state index contributed by atoms with van der Waals surface area (Å²) in [6, 6.07) is 10.0. The molecule has 0 spiro atoms. The molecule has 4 heterocycles. The highest BCUT2D eigenvalue weighted by molar-refractivity contribution is 5.99. The van der Waals surface area contributed by atoms with E-state index < -0.39 is 17.4 Å². The van der Waals surface area contributed by atoms with Crippen molar-refractivity contribution in [3.8, 4) is 5.69 Å². The van der Waals surface area contributed by atoms with Crippen LogP contribution < -0.4 is 5.69 Å². The minimum Gasteiger partial charge on any atom is -0.299 e. The molecule has 1 saturated carbocycles. The third-order valence-electron chi connectivity index (χ3n) is 9.11. The molecule has 3 aliphatic rings. The van der Waals surface area contributed by atoms with Gasteiger partial charge in [-0.1, -0.05) is 32.4 Å². The summed E-state index contributed by atoms with van der Waals surface area (Å²) in [5.41, 5.74) is 2.97. The standard InChI is InChI=1S/C33H38F3N4O/c1-4-26-14-22(3)31(37-26)30(24-9-5-10-24)25-11-6-12-27(16-25)39-20-29-28(33(34,35)36)15-23(19-40(29)32(39)41)18-38-13-7-8-21(2)17-38/h6,11-12,14-16,19-21,24,30H,4-5,7-10,13,17-18H2,1-3H3/t21-,30+/m0/s1. The van der Waals surface area contributed by atoms with E-state index in [9.17, 15) is 18.0 Å². The lowest BCUT2D eigenvalue weighted by Crippen LogP contribution is -2.34. The van der Waals surface area contributed by atoms with Gasteiger partial charge in [0.05, 0.1) is 16.8 Å². The number of benzene rings is 1. The van der Waals surface area contributed by atoms with E-state index in [0.29, 0.717) is 29.6 Å². The van der Waals surface area contributed by atoms with Gasteiger partial charge in [-0.15, -0.1) is 0 Å². The van der Waals surface area contributed by atoms with Crippen molar-refractivity contribution in [3.05, 3.63) is 87.6 Å². The number of hydrogen-bond acceptors (Lipinski definition) is 3. The maximum Gasteiger partial charge on any atom is 0.418 e. The van der Waals surface area contributed by atoms with E-state index in [-0.39, 0.29) is 11.4 Å². The fraction of sp³-hybridized carbons (Fsp3) is 0.485. The SMILES string of the molecule is CCC1=N[C]([C@@H](c2cccc(-n3cc4c(C(F)(F)F)cc(CN5CCC[C@H](C)C5)cn4c3=O)c2)C2CCC2)C(C)=C1. The molecular weight excluding hydrogens is 525 g/mol. The number of alkyl halides is 3. The van der Waals surface area contributed by atoms with Crippen molar-refractivity contribution in [2.45, 2.75) is 77.9 Å². The van der Waals surface area contributed by atoms with Crippen molar-refractivity contribution in [3.63, 3.8) is 0 Å². The Bertz CT molecular complexity index is 1560. The van der Waals surface area contributed by atoms with Crippen LogP contribution in [-0.4, -0.2) is 32.7 Å². The molecule has 1 aliphatic carbocycles. The molecule has 1 aromatic carbocycles. The number of hydrogen-bond donors (Lipinski definition) is 0. The lowest BCUT2D eigenvalue weighted by atomic mass is 9.69. The second kappa shape index (κ2) is 10.9. The maximum absolute atomic E-state index is 14.3. The number of piperidine rings is 1. The third kappa shape index (κ3) is 5.43. The Balaban J connectivity index is 1.40. The highest BCUT2D eigenvalue weighted by Gasteiger charge is 2.38. The van der Waals surface area contributed by atoms with E-state index in [0.717, 1.165) is 62.5 Å². The first-order chi connectivity index (χ1) is 19.6. The molecule has 1 radical (unpaired) electrons. The Hall–Kier alpha value is -3.13. The van der Waals surface area contributed by atoms with Crippen molar-refractivity contribution in [1.82, 2.24) is 13.9 Å². The second-order valence-electron chi connectivity index (χ2n) is 12.2. The molecule has 41 heavy (non-hydrogen) atoms. The normalized spacial score (nSPS) is 21.7. The van der Waals surface area contributed by atoms with E-state index >= 15 is 0 Å². The van der Waals surface area contributed by atoms with E-state index in [1.807, 2.05) is 12.1 Å². The molecule has 2 aromatic heterocycles. The number of pyridine rings is 1. The lowest BCUT2D eigenvalue weighted by molar-refractivity contribution is -0.136. The van der Waals surface area contributed by atoms with Crippen LogP contribution in [0.2, 0.25) is 0 Å². The zero-order valence-electron chi connectivity index (χ0n) is 24.0. The van der Waals surface area contributed by atoms with Crippen LogP contribution in [0.4, 0.5) is 13.2 Å². The molecule has 2 aliphatic heterocycles. The number of halogens is 3. The average Bonchev–Trinajstić information content (AvgIpc) is 3.44. The quantitative estimate of drug-likeness (QED) is 0.298. The van der Waals surface area contributed by atoms with Gasteiger partial charge in [-0.2, -0.15) is 13.2 Å². The van der Waals surface area contributed by atoms with Gasteiger partial charge in [0.15, 0.2) is 0 Å². The Labute approximate surface area is 239 Å². The van der Waals surface area contributed by atoms with Gasteiger partial charge in [0.1, 0.15) is 6.04 Å². The van der Waals surface area contributed by atoms with E-state index in [4.69, 9.17) is 4.99 Å². The summed E-state index contributed by atoms with van der Waals surface area (Å²) >= 11 is 0. The summed E-state index contributed by atoms with van der Waals surface area (Å²) in [5.74, 6) is 1.07. The van der Waals surface area contributed by atoms with Crippen LogP contribution in [0.3, 0.4) is 0 Å². The van der Waals surface area contributed by atoms with Gasteiger partial charge in [0.25, 0.3) is 0 Å². The van der Waals surface area contributed by atoms with E-state index in [1.165, 1.54) is 33.2 Å². The molecule has 0 bridgehead atoms. The molecule has 5 nitrogen and oxygen atoms in total. The molecule has 6 rings (SSSR count). The summed E-state index contributed by atoms with van der Waals surface area (Å²) in [6.45, 7) is 8.47. The highest BCUT2D eigenvalue weighted by atomic mass is 19.4. The smallest absolute Gasteiger partial charge is 0.299 e. The zero-order chi connectivity index (χ0) is 28.9. The Kier molecular flexibility index (Phi) is 7.47. The first-order valence-electron chi connectivity index (χ1n) is 14.9. The number of likely N-dealkylation sites (tertiary alicyclic amines) is 1. The summed E-state index contributed by atoms with van der Waals surface area (Å²) in [7, 11) is 0. The number of nitrogens with zero attached hydrogens (tertiary/aromatic N) is 4. The van der Waals surface area contributed by atoms with Gasteiger partial charge in [-0.05, 0) is 98.4 Å². The predicted octanol–water partition coefficient (Wildman–Crippen LogP) is 7.57. The summed E-state index contributed by atoms with van der Waals surface area (Å²) in [6.07, 6.45) is 6.95. The maximum atomic E-state index is 14.3. The average molecular weight is 564 g/mol. The number of rotatable bonds is 7. The molecular formula is C33H38F3N4O. The minimum absolute atomic E-state index is 0.0982. The molecule has 0 amide bonds. The van der Waals surface area contributed by atoms with Crippen molar-refractivity contribution in [2.75, 3.05) is 13.1 Å². The topological polar surface area (TPSA) is 42.0 Å². The monoisotopic (exact) mass is 563 g/mol. The molecule has 217 valence electrons. The minimum atomic E-state index is -4.58. The fourth-order valence-corrected chi connectivity index (χ4v) is 6.82. The van der Waals surface area contributed by atoms with Crippen LogP contribution in [0, 0.1) is 17.9 Å². The van der Waals surface area contributed by atoms with Crippen molar-refractivity contribution < 1.29 is 13.2 Å². The second-order valence-corrected chi connectivity index (χ2v) is 12.2. The first kappa shape index (κ1) is 28.0. The summed E-state index contributed by atoms with van der Waals surface area (Å²) < 4.78 is 45.4. The molecule has 8 heteroatoms. The van der Waals surface area contributed by atoms with Gasteiger partial charge in [0, 0.05) is 37.1 Å². The van der Waals surface area contributed by atoms with Gasteiger partial charge < -0.3 is 0 Å². The summed E-state index contributed by atoms with van der Waals surface area (Å²) in [4.78, 5) is 20.8. The lowest BCUT2D eigenvalue weighted by Gasteiger charge is -2.37. The third-order valence-corrected chi connectivity index (χ3v) is 9.11. The Morgan fingerprint density at radius 2 is 1.90 bits per heavy atom. The zero-order valence-corrected chi connectivity index (χ0v) is 24.0. The highest BCUT2D eigenvalue weighted by Crippen LogP contribution is 2.49. The van der Waals surface area contributed by atoms with E-state index in [1.54, 1.807) is 12.3 Å². The predicted molar refractivity (Wildman–Crippen MR) is 156 cm³/mol. The largest absolute Gasteiger partial charge is 0.418 e. The summed E-state index contributed by atoms with van der Waals surface area (Å²) in [5, 5.41) is 0. The number of allylic oxidation sites excluding steroid dienone is 1. The van der Waals surface area contributed by atoms with Crippen molar-refractivity contribution in [2.24, 2.45) is 16.8 Å². The van der Waals surface area contributed by atoms with Gasteiger partial charge in [-0.3, -0.25) is 18.9 Å². The van der Waals surface area contributed by atoms with Crippen LogP contribution in [0.15, 0.2) is 64.2 Å². The molecule has 2 fully saturated rings. The number of aliphatic imine (C=N–C) groups is 1. The molecule has 0 N–H and O–H groups in total. The Morgan fingerprint density at radius 1 is 1.10 bits per heavy atom. The van der Waals surface area contributed by atoms with Crippen LogP contribution in [-0.2, 0) is 12.7 Å². The Morgan fingerprint density at radius 3 is 2.56 bits per heavy atom. The molecule has 2 atom stereocenters. The van der Waals surface area contributed by atoms with Crippen LogP contribution >= 0.6 is 0 Å². The van der Waals surface area contributed by atoms with Gasteiger partial charge in [0.2, 0.25) is 0 Å². The molecule has 1 saturated heterocycles.